The Morgan fingerprint density at radius 1 is 1.28 bits per heavy atom. The van der Waals surface area contributed by atoms with Crippen molar-refractivity contribution in [2.24, 2.45) is 5.92 Å². The van der Waals surface area contributed by atoms with E-state index in [4.69, 9.17) is 11.6 Å². The second kappa shape index (κ2) is 9.93. The SMILES string of the molecule is CCSc1nc(NCC(C)C)c2cnn(CCNC(=O)c3ccccc3Cl)c2n1. The van der Waals surface area contributed by atoms with Crippen LogP contribution in [0, 0.1) is 5.92 Å². The molecule has 29 heavy (non-hydrogen) atoms. The average molecular weight is 433 g/mol. The predicted octanol–water partition coefficient (Wildman–Crippen LogP) is 4.09. The lowest BCUT2D eigenvalue weighted by Crippen LogP contribution is -2.27. The van der Waals surface area contributed by atoms with Gasteiger partial charge >= 0.3 is 0 Å². The highest BCUT2D eigenvalue weighted by Gasteiger charge is 2.14. The molecule has 7 nitrogen and oxygen atoms in total. The number of fused-ring (bicyclic) bond motifs is 1. The monoisotopic (exact) mass is 432 g/mol. The maximum atomic E-state index is 12.3. The molecule has 3 aromatic rings. The number of carbonyl (C=O) groups is 1. The number of carbonyl (C=O) groups excluding carboxylic acids is 1. The van der Waals surface area contributed by atoms with Gasteiger partial charge in [0.05, 0.1) is 28.7 Å². The zero-order valence-corrected chi connectivity index (χ0v) is 18.3. The number of halogens is 1. The van der Waals surface area contributed by atoms with E-state index in [9.17, 15) is 4.79 Å². The van der Waals surface area contributed by atoms with E-state index in [1.54, 1.807) is 46.9 Å². The van der Waals surface area contributed by atoms with Crippen LogP contribution < -0.4 is 10.6 Å². The summed E-state index contributed by atoms with van der Waals surface area (Å²) in [5, 5.41) is 12.8. The van der Waals surface area contributed by atoms with Crippen molar-refractivity contribution in [3.05, 3.63) is 41.0 Å². The Balaban J connectivity index is 1.75. The fourth-order valence-corrected chi connectivity index (χ4v) is 3.53. The first-order valence-electron chi connectivity index (χ1n) is 9.62. The maximum Gasteiger partial charge on any atom is 0.252 e. The van der Waals surface area contributed by atoms with E-state index in [-0.39, 0.29) is 5.91 Å². The van der Waals surface area contributed by atoms with Gasteiger partial charge in [0.2, 0.25) is 0 Å². The van der Waals surface area contributed by atoms with Crippen molar-refractivity contribution < 1.29 is 4.79 Å². The van der Waals surface area contributed by atoms with Gasteiger partial charge < -0.3 is 10.6 Å². The Labute approximate surface area is 179 Å². The topological polar surface area (TPSA) is 84.7 Å². The van der Waals surface area contributed by atoms with Crippen LogP contribution in [0.15, 0.2) is 35.6 Å². The third-order valence-corrected chi connectivity index (χ3v) is 5.21. The molecular weight excluding hydrogens is 408 g/mol. The van der Waals surface area contributed by atoms with Gasteiger partial charge in [0.15, 0.2) is 10.8 Å². The smallest absolute Gasteiger partial charge is 0.252 e. The summed E-state index contributed by atoms with van der Waals surface area (Å²) in [5.74, 6) is 1.98. The summed E-state index contributed by atoms with van der Waals surface area (Å²) < 4.78 is 1.80. The molecule has 0 unspecified atom stereocenters. The number of anilines is 1. The molecule has 0 fully saturated rings. The lowest BCUT2D eigenvalue weighted by atomic mass is 10.2. The lowest BCUT2D eigenvalue weighted by Gasteiger charge is -2.11. The number of nitrogens with one attached hydrogen (secondary N) is 2. The summed E-state index contributed by atoms with van der Waals surface area (Å²) in [6, 6.07) is 6.99. The van der Waals surface area contributed by atoms with Crippen LogP contribution in [0.25, 0.3) is 11.0 Å². The van der Waals surface area contributed by atoms with Gasteiger partial charge in [-0.3, -0.25) is 4.79 Å². The Morgan fingerprint density at radius 2 is 2.07 bits per heavy atom. The van der Waals surface area contributed by atoms with Crippen LogP contribution in [0.4, 0.5) is 5.82 Å². The van der Waals surface area contributed by atoms with E-state index in [0.29, 0.717) is 34.7 Å². The van der Waals surface area contributed by atoms with Gasteiger partial charge in [-0.2, -0.15) is 5.10 Å². The summed E-state index contributed by atoms with van der Waals surface area (Å²) >= 11 is 7.68. The summed E-state index contributed by atoms with van der Waals surface area (Å²) in [7, 11) is 0. The highest BCUT2D eigenvalue weighted by Crippen LogP contribution is 2.24. The van der Waals surface area contributed by atoms with Crippen LogP contribution >= 0.6 is 23.4 Å². The van der Waals surface area contributed by atoms with Crippen LogP contribution in [-0.2, 0) is 6.54 Å². The van der Waals surface area contributed by atoms with Crippen molar-refractivity contribution in [3.63, 3.8) is 0 Å². The Kier molecular flexibility index (Phi) is 7.33. The number of nitrogens with zero attached hydrogens (tertiary/aromatic N) is 4. The molecule has 0 aliphatic carbocycles. The first-order chi connectivity index (χ1) is 14.0. The Morgan fingerprint density at radius 3 is 2.79 bits per heavy atom. The number of rotatable bonds is 9. The molecule has 154 valence electrons. The maximum absolute atomic E-state index is 12.3. The van der Waals surface area contributed by atoms with Gasteiger partial charge in [-0.25, -0.2) is 14.6 Å². The van der Waals surface area contributed by atoms with Crippen LogP contribution in [0.2, 0.25) is 5.02 Å². The fraction of sp³-hybridized carbons (Fsp3) is 0.400. The Hall–Kier alpha value is -2.32. The van der Waals surface area contributed by atoms with Gasteiger partial charge in [0, 0.05) is 13.1 Å². The molecule has 2 heterocycles. The lowest BCUT2D eigenvalue weighted by molar-refractivity contribution is 0.0952. The summed E-state index contributed by atoms with van der Waals surface area (Å²) in [5.41, 5.74) is 1.22. The number of benzene rings is 1. The van der Waals surface area contributed by atoms with E-state index in [0.717, 1.165) is 29.1 Å². The van der Waals surface area contributed by atoms with Crippen LogP contribution in [0.1, 0.15) is 31.1 Å². The third-order valence-electron chi connectivity index (χ3n) is 4.15. The molecule has 0 saturated carbocycles. The number of hydrogen-bond acceptors (Lipinski definition) is 6. The predicted molar refractivity (Wildman–Crippen MR) is 119 cm³/mol. The van der Waals surface area contributed by atoms with Crippen LogP contribution in [0.3, 0.4) is 0 Å². The largest absolute Gasteiger partial charge is 0.369 e. The molecule has 2 N–H and O–H groups in total. The molecule has 2 aromatic heterocycles. The minimum atomic E-state index is -0.205. The van der Waals surface area contributed by atoms with Crippen molar-refractivity contribution in [1.29, 1.82) is 0 Å². The van der Waals surface area contributed by atoms with Crippen LogP contribution in [0.5, 0.6) is 0 Å². The standard InChI is InChI=1S/C20H25ClN6OS/c1-4-29-20-25-17(23-11-13(2)3)15-12-24-27(18(15)26-20)10-9-22-19(28)14-7-5-6-8-16(14)21/h5-8,12-13H,4,9-11H2,1-3H3,(H,22,28)(H,23,25,26). The molecule has 9 heteroatoms. The van der Waals surface area contributed by atoms with Crippen molar-refractivity contribution in [2.45, 2.75) is 32.5 Å². The van der Waals surface area contributed by atoms with Gasteiger partial charge in [0.25, 0.3) is 5.91 Å². The fourth-order valence-electron chi connectivity index (χ4n) is 2.74. The number of amides is 1. The highest BCUT2D eigenvalue weighted by atomic mass is 35.5. The van der Waals surface area contributed by atoms with Gasteiger partial charge in [-0.1, -0.05) is 56.3 Å². The van der Waals surface area contributed by atoms with E-state index in [1.807, 2.05) is 0 Å². The molecule has 0 radical (unpaired) electrons. The molecule has 0 atom stereocenters. The summed E-state index contributed by atoms with van der Waals surface area (Å²) in [6.45, 7) is 8.10. The Bertz CT molecular complexity index is 990. The van der Waals surface area contributed by atoms with Gasteiger partial charge in [-0.05, 0) is 23.8 Å². The summed E-state index contributed by atoms with van der Waals surface area (Å²) in [6.07, 6.45) is 1.77. The average Bonchev–Trinajstić information content (AvgIpc) is 3.09. The molecule has 0 saturated heterocycles. The van der Waals surface area contributed by atoms with E-state index in [2.05, 4.69) is 46.5 Å². The van der Waals surface area contributed by atoms with Crippen molar-refractivity contribution in [2.75, 3.05) is 24.2 Å². The quantitative estimate of drug-likeness (QED) is 0.391. The molecule has 0 spiro atoms. The molecule has 1 amide bonds. The zero-order valence-electron chi connectivity index (χ0n) is 16.8. The molecule has 3 rings (SSSR count). The second-order valence-electron chi connectivity index (χ2n) is 6.90. The summed E-state index contributed by atoms with van der Waals surface area (Å²) in [4.78, 5) is 21.6. The van der Waals surface area contributed by atoms with Gasteiger partial charge in [-0.15, -0.1) is 0 Å². The molecule has 0 aliphatic rings. The molecular formula is C20H25ClN6OS. The zero-order chi connectivity index (χ0) is 20.8. The number of aromatic nitrogens is 4. The van der Waals surface area contributed by atoms with E-state index in [1.165, 1.54) is 0 Å². The van der Waals surface area contributed by atoms with E-state index < -0.39 is 0 Å². The van der Waals surface area contributed by atoms with Gasteiger partial charge in [0.1, 0.15) is 5.82 Å². The number of hydrogen-bond donors (Lipinski definition) is 2. The second-order valence-corrected chi connectivity index (χ2v) is 8.54. The molecule has 1 aromatic carbocycles. The highest BCUT2D eigenvalue weighted by molar-refractivity contribution is 7.99. The van der Waals surface area contributed by atoms with E-state index >= 15 is 0 Å². The van der Waals surface area contributed by atoms with Crippen molar-refractivity contribution in [3.8, 4) is 0 Å². The normalized spacial score (nSPS) is 11.2. The first kappa shape index (κ1) is 21.4. The van der Waals surface area contributed by atoms with Crippen LogP contribution in [-0.4, -0.2) is 44.5 Å². The first-order valence-corrected chi connectivity index (χ1v) is 11.0. The minimum absolute atomic E-state index is 0.205. The third kappa shape index (κ3) is 5.39. The van der Waals surface area contributed by atoms with Crippen molar-refractivity contribution >= 4 is 46.1 Å². The molecule has 0 aliphatic heterocycles. The number of thioether (sulfide) groups is 1. The molecule has 0 bridgehead atoms. The minimum Gasteiger partial charge on any atom is -0.369 e. The van der Waals surface area contributed by atoms with Crippen molar-refractivity contribution in [1.82, 2.24) is 25.1 Å².